The van der Waals surface area contributed by atoms with E-state index in [1.54, 1.807) is 40.8 Å². The number of carbonyl (C=O) groups excluding carboxylic acids is 1. The van der Waals surface area contributed by atoms with Crippen LogP contribution in [0, 0.1) is 0 Å². The molecule has 0 fully saturated rings. The molecule has 0 aliphatic heterocycles. The van der Waals surface area contributed by atoms with E-state index < -0.39 is 0 Å². The van der Waals surface area contributed by atoms with Gasteiger partial charge in [0.25, 0.3) is 5.91 Å². The number of amides is 1. The lowest BCUT2D eigenvalue weighted by Crippen LogP contribution is -2.26. The smallest absolute Gasteiger partial charge is 0.261 e. The van der Waals surface area contributed by atoms with Crippen molar-refractivity contribution in [2.24, 2.45) is 7.05 Å². The van der Waals surface area contributed by atoms with Crippen LogP contribution < -0.4 is 10.6 Å². The van der Waals surface area contributed by atoms with Crippen LogP contribution in [-0.2, 0) is 7.05 Å². The van der Waals surface area contributed by atoms with Crippen LogP contribution in [-0.4, -0.2) is 35.8 Å². The third kappa shape index (κ3) is 4.13. The predicted molar refractivity (Wildman–Crippen MR) is 118 cm³/mol. The van der Waals surface area contributed by atoms with Gasteiger partial charge in [0.1, 0.15) is 17.1 Å². The molecule has 8 nitrogen and oxygen atoms in total. The van der Waals surface area contributed by atoms with Crippen LogP contribution in [0.1, 0.15) is 31.1 Å². The first-order chi connectivity index (χ1) is 14.2. The molecule has 4 aromatic rings. The Hall–Kier alpha value is -3.39. The summed E-state index contributed by atoms with van der Waals surface area (Å²) in [5.74, 6) is 0.354. The summed E-state index contributed by atoms with van der Waals surface area (Å²) in [6, 6.07) is 9.16. The van der Waals surface area contributed by atoms with Gasteiger partial charge in [0.05, 0.1) is 11.9 Å². The summed E-state index contributed by atoms with van der Waals surface area (Å²) in [6.07, 6.45) is 5.03. The number of halogens is 1. The van der Waals surface area contributed by atoms with Crippen LogP contribution in [0.2, 0.25) is 5.02 Å². The van der Waals surface area contributed by atoms with Crippen molar-refractivity contribution in [1.82, 2.24) is 24.4 Å². The molecule has 0 saturated carbocycles. The molecule has 9 heteroatoms. The number of hydrogen-bond acceptors (Lipinski definition) is 5. The second-order valence-electron chi connectivity index (χ2n) is 8.04. The Morgan fingerprint density at radius 1 is 1.20 bits per heavy atom. The number of rotatable bonds is 4. The van der Waals surface area contributed by atoms with E-state index in [4.69, 9.17) is 11.6 Å². The number of nitrogens with one attached hydrogen (secondary N) is 2. The molecule has 30 heavy (non-hydrogen) atoms. The zero-order valence-electron chi connectivity index (χ0n) is 17.1. The molecule has 154 valence electrons. The van der Waals surface area contributed by atoms with Crippen LogP contribution in [0.4, 0.5) is 11.5 Å². The average Bonchev–Trinajstić information content (AvgIpc) is 3.23. The number of benzene rings is 1. The van der Waals surface area contributed by atoms with E-state index in [0.717, 1.165) is 5.56 Å². The fourth-order valence-electron chi connectivity index (χ4n) is 3.10. The lowest BCUT2D eigenvalue weighted by atomic mass is 10.1. The highest BCUT2D eigenvalue weighted by molar-refractivity contribution is 6.30. The zero-order valence-corrected chi connectivity index (χ0v) is 17.9. The monoisotopic (exact) mass is 423 g/mol. The van der Waals surface area contributed by atoms with Crippen LogP contribution in [0.3, 0.4) is 0 Å². The van der Waals surface area contributed by atoms with Gasteiger partial charge in [-0.15, -0.1) is 0 Å². The van der Waals surface area contributed by atoms with Gasteiger partial charge in [-0.3, -0.25) is 9.48 Å². The van der Waals surface area contributed by atoms with Crippen LogP contribution in [0.25, 0.3) is 16.9 Å². The Bertz CT molecular complexity index is 1240. The molecule has 0 spiro atoms. The Kier molecular flexibility index (Phi) is 4.95. The first-order valence-electron chi connectivity index (χ1n) is 9.43. The molecule has 3 aromatic heterocycles. The molecule has 0 saturated heterocycles. The fourth-order valence-corrected chi connectivity index (χ4v) is 3.29. The highest BCUT2D eigenvalue weighted by atomic mass is 35.5. The zero-order chi connectivity index (χ0) is 21.5. The summed E-state index contributed by atoms with van der Waals surface area (Å²) in [5.41, 5.74) is 2.70. The Morgan fingerprint density at radius 2 is 2.00 bits per heavy atom. The van der Waals surface area contributed by atoms with Crippen LogP contribution in [0.5, 0.6) is 0 Å². The number of fused-ring (bicyclic) bond motifs is 1. The molecular formula is C21H22ClN7O. The quantitative estimate of drug-likeness (QED) is 0.512. The van der Waals surface area contributed by atoms with Crippen molar-refractivity contribution < 1.29 is 4.79 Å². The van der Waals surface area contributed by atoms with E-state index in [9.17, 15) is 4.79 Å². The van der Waals surface area contributed by atoms with Gasteiger partial charge in [-0.05, 0) is 39.0 Å². The van der Waals surface area contributed by atoms with Crippen LogP contribution >= 0.6 is 11.6 Å². The molecule has 3 heterocycles. The summed E-state index contributed by atoms with van der Waals surface area (Å²) in [5, 5.41) is 15.6. The maximum absolute atomic E-state index is 13.1. The number of carbonyl (C=O) groups is 1. The summed E-state index contributed by atoms with van der Waals surface area (Å²) >= 11 is 6.12. The highest BCUT2D eigenvalue weighted by Crippen LogP contribution is 2.29. The fraction of sp³-hybridized carbons (Fsp3) is 0.238. The van der Waals surface area contributed by atoms with E-state index in [-0.39, 0.29) is 11.4 Å². The summed E-state index contributed by atoms with van der Waals surface area (Å²) in [4.78, 5) is 17.6. The number of aryl methyl sites for hydroxylation is 1. The third-order valence-corrected chi connectivity index (χ3v) is 4.53. The average molecular weight is 424 g/mol. The van der Waals surface area contributed by atoms with Crippen molar-refractivity contribution in [3.63, 3.8) is 0 Å². The molecular weight excluding hydrogens is 402 g/mol. The maximum atomic E-state index is 13.1. The number of hydrogen-bond donors (Lipinski definition) is 2. The molecule has 0 aliphatic carbocycles. The SMILES string of the molecule is Cn1cc(NC(=O)c2cnn3ccc(NC(C)(C)C)nc23)c(-c2cccc(Cl)c2)n1. The lowest BCUT2D eigenvalue weighted by Gasteiger charge is -2.21. The third-order valence-electron chi connectivity index (χ3n) is 4.29. The maximum Gasteiger partial charge on any atom is 0.261 e. The summed E-state index contributed by atoms with van der Waals surface area (Å²) in [6.45, 7) is 6.13. The summed E-state index contributed by atoms with van der Waals surface area (Å²) in [7, 11) is 1.80. The molecule has 4 rings (SSSR count). The standard InChI is InChI=1S/C21H22ClN7O/c1-21(2,3)26-17-8-9-29-19(25-17)15(11-23-29)20(30)24-16-12-28(4)27-18(16)13-6-5-7-14(22)10-13/h5-12H,1-4H3,(H,24,30)(H,25,26). The Labute approximate surface area is 178 Å². The first kappa shape index (κ1) is 19.9. The van der Waals surface area contributed by atoms with Gasteiger partial charge < -0.3 is 10.6 Å². The van der Waals surface area contributed by atoms with Gasteiger partial charge >= 0.3 is 0 Å². The number of anilines is 2. The number of aromatic nitrogens is 5. The van der Waals surface area contributed by atoms with E-state index in [1.165, 1.54) is 6.20 Å². The van der Waals surface area contributed by atoms with Crippen molar-refractivity contribution in [2.45, 2.75) is 26.3 Å². The van der Waals surface area contributed by atoms with Crippen molar-refractivity contribution in [3.8, 4) is 11.3 Å². The van der Waals surface area contributed by atoms with Crippen molar-refractivity contribution in [2.75, 3.05) is 10.6 Å². The molecule has 1 aromatic carbocycles. The molecule has 1 amide bonds. The lowest BCUT2D eigenvalue weighted by molar-refractivity contribution is 0.102. The van der Waals surface area contributed by atoms with Crippen molar-refractivity contribution in [3.05, 3.63) is 59.5 Å². The molecule has 0 bridgehead atoms. The first-order valence-corrected chi connectivity index (χ1v) is 9.81. The molecule has 0 unspecified atom stereocenters. The Balaban J connectivity index is 1.67. The minimum atomic E-state index is -0.318. The van der Waals surface area contributed by atoms with Gasteiger partial charge in [-0.2, -0.15) is 10.2 Å². The van der Waals surface area contributed by atoms with Gasteiger partial charge in [0.15, 0.2) is 5.65 Å². The normalized spacial score (nSPS) is 11.6. The predicted octanol–water partition coefficient (Wildman–Crippen LogP) is 4.25. The minimum Gasteiger partial charge on any atom is -0.365 e. The molecule has 2 N–H and O–H groups in total. The van der Waals surface area contributed by atoms with Crippen LogP contribution in [0.15, 0.2) is 48.9 Å². The Morgan fingerprint density at radius 3 is 2.73 bits per heavy atom. The van der Waals surface area contributed by atoms with Gasteiger partial charge in [-0.1, -0.05) is 23.7 Å². The van der Waals surface area contributed by atoms with Gasteiger partial charge in [-0.25, -0.2) is 9.50 Å². The largest absolute Gasteiger partial charge is 0.365 e. The second-order valence-corrected chi connectivity index (χ2v) is 8.48. The van der Waals surface area contributed by atoms with E-state index >= 15 is 0 Å². The van der Waals surface area contributed by atoms with Gasteiger partial charge in [0, 0.05) is 35.6 Å². The topological polar surface area (TPSA) is 89.1 Å². The minimum absolute atomic E-state index is 0.157. The number of nitrogens with zero attached hydrogens (tertiary/aromatic N) is 5. The highest BCUT2D eigenvalue weighted by Gasteiger charge is 2.19. The molecule has 0 aliphatic rings. The summed E-state index contributed by atoms with van der Waals surface area (Å²) < 4.78 is 3.22. The van der Waals surface area contributed by atoms with Crippen molar-refractivity contribution >= 4 is 34.7 Å². The van der Waals surface area contributed by atoms with Gasteiger partial charge in [0.2, 0.25) is 0 Å². The van der Waals surface area contributed by atoms with Crippen molar-refractivity contribution in [1.29, 1.82) is 0 Å². The second kappa shape index (κ2) is 7.46. The molecule has 0 atom stereocenters. The van der Waals surface area contributed by atoms with E-state index in [1.807, 2.05) is 39.0 Å². The van der Waals surface area contributed by atoms with E-state index in [0.29, 0.717) is 33.4 Å². The van der Waals surface area contributed by atoms with E-state index in [2.05, 4.69) is 25.8 Å². The molecule has 0 radical (unpaired) electrons.